The molecule has 0 aliphatic heterocycles. The summed E-state index contributed by atoms with van der Waals surface area (Å²) in [6.07, 6.45) is 7.87. The minimum absolute atomic E-state index is 0.499. The summed E-state index contributed by atoms with van der Waals surface area (Å²) in [4.78, 5) is 0. The van der Waals surface area contributed by atoms with Crippen LogP contribution in [-0.2, 0) is 0 Å². The monoisotopic (exact) mass is 247 g/mol. The highest BCUT2D eigenvalue weighted by Gasteiger charge is 2.11. The van der Waals surface area contributed by atoms with Crippen molar-refractivity contribution < 1.29 is 0 Å². The third-order valence-electron chi connectivity index (χ3n) is 3.57. The fraction of sp³-hybridized carbons (Fsp3) is 0.111. The molecular weight excluding hydrogens is 230 g/mol. The summed E-state index contributed by atoms with van der Waals surface area (Å²) in [5, 5.41) is 0. The number of hydrogen-bond donors (Lipinski definition) is 1. The Morgan fingerprint density at radius 3 is 2.26 bits per heavy atom. The van der Waals surface area contributed by atoms with E-state index in [0.717, 1.165) is 12.1 Å². The first-order chi connectivity index (χ1) is 9.33. The molecule has 1 atom stereocenters. The number of nitrogen functional groups attached to an aromatic ring is 1. The maximum atomic E-state index is 5.72. The van der Waals surface area contributed by atoms with Crippen molar-refractivity contribution in [2.75, 3.05) is 5.73 Å². The average Bonchev–Trinajstić information content (AvgIpc) is 2.49. The van der Waals surface area contributed by atoms with Gasteiger partial charge in [0.1, 0.15) is 0 Å². The number of hydrogen-bond acceptors (Lipinski definition) is 1. The summed E-state index contributed by atoms with van der Waals surface area (Å²) < 4.78 is 0. The molecule has 0 heterocycles. The van der Waals surface area contributed by atoms with Crippen LogP contribution in [0.15, 0.2) is 72.8 Å². The lowest BCUT2D eigenvalue weighted by molar-refractivity contribution is 0.856. The molecule has 1 heteroatoms. The molecule has 1 aliphatic carbocycles. The number of rotatable bonds is 2. The van der Waals surface area contributed by atoms with E-state index in [2.05, 4.69) is 60.7 Å². The van der Waals surface area contributed by atoms with Crippen LogP contribution in [0.25, 0.3) is 5.57 Å². The molecule has 3 rings (SSSR count). The van der Waals surface area contributed by atoms with Gasteiger partial charge in [-0.1, -0.05) is 60.7 Å². The molecule has 0 bridgehead atoms. The van der Waals surface area contributed by atoms with Gasteiger partial charge in [-0.15, -0.1) is 0 Å². The predicted molar refractivity (Wildman–Crippen MR) is 81.8 cm³/mol. The predicted octanol–water partition coefficient (Wildman–Crippen LogP) is 4.40. The van der Waals surface area contributed by atoms with Crippen molar-refractivity contribution >= 4 is 11.3 Å². The van der Waals surface area contributed by atoms with Gasteiger partial charge in [0.05, 0.1) is 0 Å². The number of benzene rings is 2. The first-order valence-corrected chi connectivity index (χ1v) is 6.62. The number of anilines is 1. The van der Waals surface area contributed by atoms with Crippen LogP contribution in [0.3, 0.4) is 0 Å². The van der Waals surface area contributed by atoms with Crippen molar-refractivity contribution in [3.63, 3.8) is 0 Å². The molecule has 2 N–H and O–H groups in total. The molecular formula is C18H17N. The smallest absolute Gasteiger partial charge is 0.0314 e. The van der Waals surface area contributed by atoms with E-state index in [9.17, 15) is 0 Å². The van der Waals surface area contributed by atoms with E-state index in [1.54, 1.807) is 0 Å². The van der Waals surface area contributed by atoms with Crippen LogP contribution in [0.5, 0.6) is 0 Å². The zero-order valence-corrected chi connectivity index (χ0v) is 10.8. The zero-order chi connectivity index (χ0) is 13.1. The standard InChI is InChI=1S/C18H17N/c19-18-12-10-17(11-13-18)16-8-6-15(7-9-16)14-4-2-1-3-5-14/h1-6,8-13,15H,7,19H2. The Hall–Kier alpha value is -2.28. The van der Waals surface area contributed by atoms with Crippen molar-refractivity contribution in [3.05, 3.63) is 84.0 Å². The normalized spacial score (nSPS) is 18.1. The van der Waals surface area contributed by atoms with Gasteiger partial charge >= 0.3 is 0 Å². The Morgan fingerprint density at radius 1 is 0.895 bits per heavy atom. The summed E-state index contributed by atoms with van der Waals surface area (Å²) in [5.41, 5.74) is 10.4. The van der Waals surface area contributed by atoms with E-state index in [4.69, 9.17) is 5.73 Å². The fourth-order valence-corrected chi connectivity index (χ4v) is 2.46. The lowest BCUT2D eigenvalue weighted by Crippen LogP contribution is -1.98. The molecule has 0 fully saturated rings. The second-order valence-electron chi connectivity index (χ2n) is 4.89. The van der Waals surface area contributed by atoms with E-state index in [-0.39, 0.29) is 0 Å². The van der Waals surface area contributed by atoms with E-state index < -0.39 is 0 Å². The third-order valence-corrected chi connectivity index (χ3v) is 3.57. The van der Waals surface area contributed by atoms with E-state index in [1.807, 2.05) is 12.1 Å². The van der Waals surface area contributed by atoms with Crippen LogP contribution in [0.4, 0.5) is 5.69 Å². The van der Waals surface area contributed by atoms with Crippen LogP contribution in [0.2, 0.25) is 0 Å². The van der Waals surface area contributed by atoms with Gasteiger partial charge in [0.15, 0.2) is 0 Å². The van der Waals surface area contributed by atoms with E-state index in [1.165, 1.54) is 16.7 Å². The van der Waals surface area contributed by atoms with Crippen molar-refractivity contribution in [2.45, 2.75) is 12.3 Å². The van der Waals surface area contributed by atoms with Gasteiger partial charge in [-0.2, -0.15) is 0 Å². The van der Waals surface area contributed by atoms with Crippen molar-refractivity contribution in [1.29, 1.82) is 0 Å². The topological polar surface area (TPSA) is 26.0 Å². The van der Waals surface area contributed by atoms with Crippen LogP contribution >= 0.6 is 0 Å². The van der Waals surface area contributed by atoms with E-state index >= 15 is 0 Å². The molecule has 0 aromatic heterocycles. The lowest BCUT2D eigenvalue weighted by Gasteiger charge is -2.16. The minimum atomic E-state index is 0.499. The van der Waals surface area contributed by atoms with Gasteiger partial charge in [0.25, 0.3) is 0 Å². The van der Waals surface area contributed by atoms with E-state index in [0.29, 0.717) is 5.92 Å². The fourth-order valence-electron chi connectivity index (χ4n) is 2.46. The molecule has 1 aliphatic rings. The maximum absolute atomic E-state index is 5.72. The molecule has 1 nitrogen and oxygen atoms in total. The summed E-state index contributed by atoms with van der Waals surface area (Å²) in [6, 6.07) is 18.7. The molecule has 2 aromatic rings. The van der Waals surface area contributed by atoms with Crippen molar-refractivity contribution in [3.8, 4) is 0 Å². The van der Waals surface area contributed by atoms with Crippen LogP contribution < -0.4 is 5.73 Å². The molecule has 0 saturated carbocycles. The second-order valence-corrected chi connectivity index (χ2v) is 4.89. The third kappa shape index (κ3) is 2.60. The van der Waals surface area contributed by atoms with Crippen molar-refractivity contribution in [2.24, 2.45) is 0 Å². The molecule has 1 unspecified atom stereocenters. The Balaban J connectivity index is 1.78. The second kappa shape index (κ2) is 5.15. The van der Waals surface area contributed by atoms with Crippen LogP contribution in [-0.4, -0.2) is 0 Å². The molecule has 0 radical (unpaired) electrons. The SMILES string of the molecule is Nc1ccc(C2=CCC(c3ccccc3)C=C2)cc1. The molecule has 94 valence electrons. The Labute approximate surface area is 114 Å². The molecule has 2 aromatic carbocycles. The molecule has 0 spiro atoms. The average molecular weight is 247 g/mol. The van der Waals surface area contributed by atoms with Gasteiger partial charge in [0, 0.05) is 11.6 Å². The first-order valence-electron chi connectivity index (χ1n) is 6.62. The van der Waals surface area contributed by atoms with Gasteiger partial charge < -0.3 is 5.73 Å². The Kier molecular flexibility index (Phi) is 3.20. The first kappa shape index (κ1) is 11.8. The highest BCUT2D eigenvalue weighted by molar-refractivity contribution is 5.76. The number of nitrogens with two attached hydrogens (primary N) is 1. The minimum Gasteiger partial charge on any atom is -0.399 e. The van der Waals surface area contributed by atoms with Gasteiger partial charge in [0.2, 0.25) is 0 Å². The maximum Gasteiger partial charge on any atom is 0.0314 e. The molecule has 0 amide bonds. The Bertz CT molecular complexity index is 606. The van der Waals surface area contributed by atoms with Crippen LogP contribution in [0.1, 0.15) is 23.5 Å². The molecule has 0 saturated heterocycles. The van der Waals surface area contributed by atoms with Gasteiger partial charge in [-0.25, -0.2) is 0 Å². The summed E-state index contributed by atoms with van der Waals surface area (Å²) in [6.45, 7) is 0. The largest absolute Gasteiger partial charge is 0.399 e. The molecule has 19 heavy (non-hydrogen) atoms. The summed E-state index contributed by atoms with van der Waals surface area (Å²) in [7, 11) is 0. The number of allylic oxidation sites excluding steroid dienone is 4. The summed E-state index contributed by atoms with van der Waals surface area (Å²) >= 11 is 0. The van der Waals surface area contributed by atoms with Gasteiger partial charge in [-0.05, 0) is 35.3 Å². The zero-order valence-electron chi connectivity index (χ0n) is 10.8. The highest BCUT2D eigenvalue weighted by Crippen LogP contribution is 2.30. The summed E-state index contributed by atoms with van der Waals surface area (Å²) in [5.74, 6) is 0.499. The van der Waals surface area contributed by atoms with Gasteiger partial charge in [-0.3, -0.25) is 0 Å². The quantitative estimate of drug-likeness (QED) is 0.782. The Morgan fingerprint density at radius 2 is 1.63 bits per heavy atom. The van der Waals surface area contributed by atoms with Crippen molar-refractivity contribution in [1.82, 2.24) is 0 Å². The lowest BCUT2D eigenvalue weighted by atomic mass is 9.88. The van der Waals surface area contributed by atoms with Crippen LogP contribution in [0, 0.1) is 0 Å². The highest BCUT2D eigenvalue weighted by atomic mass is 14.5.